The lowest BCUT2D eigenvalue weighted by molar-refractivity contribution is -0.138. The van der Waals surface area contributed by atoms with E-state index in [0.29, 0.717) is 24.3 Å². The van der Waals surface area contributed by atoms with Crippen LogP contribution >= 0.6 is 0 Å². The molecule has 3 atom stereocenters. The van der Waals surface area contributed by atoms with Gasteiger partial charge >= 0.3 is 0 Å². The van der Waals surface area contributed by atoms with E-state index in [9.17, 15) is 9.59 Å². The molecule has 100 valence electrons. The second-order valence-corrected chi connectivity index (χ2v) is 5.74. The molecule has 2 amide bonds. The molecule has 3 heterocycles. The van der Waals surface area contributed by atoms with Gasteiger partial charge in [0.15, 0.2) is 0 Å². The lowest BCUT2D eigenvalue weighted by Gasteiger charge is -2.42. The Bertz CT molecular complexity index is 352. The smallest absolute Gasteiger partial charge is 0.227 e. The van der Waals surface area contributed by atoms with Crippen LogP contribution in [0.4, 0.5) is 0 Å². The van der Waals surface area contributed by atoms with Crippen LogP contribution in [-0.2, 0) is 9.59 Å². The highest BCUT2D eigenvalue weighted by Crippen LogP contribution is 2.26. The molecule has 2 N–H and O–H groups in total. The number of piperidine rings is 2. The molecule has 0 aliphatic carbocycles. The van der Waals surface area contributed by atoms with Gasteiger partial charge in [0, 0.05) is 32.1 Å². The Morgan fingerprint density at radius 3 is 2.94 bits per heavy atom. The summed E-state index contributed by atoms with van der Waals surface area (Å²) >= 11 is 0. The molecule has 3 unspecified atom stereocenters. The minimum absolute atomic E-state index is 0.177. The Morgan fingerprint density at radius 2 is 2.17 bits per heavy atom. The third kappa shape index (κ3) is 2.23. The lowest BCUT2D eigenvalue weighted by atomic mass is 9.84. The van der Waals surface area contributed by atoms with Crippen molar-refractivity contribution in [2.45, 2.75) is 31.7 Å². The highest BCUT2D eigenvalue weighted by molar-refractivity contribution is 5.80. The van der Waals surface area contributed by atoms with Crippen LogP contribution in [0.15, 0.2) is 0 Å². The molecule has 5 nitrogen and oxygen atoms in total. The second-order valence-electron chi connectivity index (χ2n) is 5.74. The fourth-order valence-electron chi connectivity index (χ4n) is 3.43. The SMILES string of the molecule is O=C1CCC2CN(C(=O)C3CCNC3)CCC2N1. The Balaban J connectivity index is 1.59. The molecule has 0 aromatic rings. The van der Waals surface area contributed by atoms with E-state index in [4.69, 9.17) is 0 Å². The van der Waals surface area contributed by atoms with Crippen LogP contribution in [0, 0.1) is 11.8 Å². The molecule has 0 aromatic heterocycles. The quantitative estimate of drug-likeness (QED) is 0.674. The van der Waals surface area contributed by atoms with Crippen LogP contribution in [0.25, 0.3) is 0 Å². The average molecular weight is 251 g/mol. The van der Waals surface area contributed by atoms with Crippen LogP contribution < -0.4 is 10.6 Å². The van der Waals surface area contributed by atoms with Gasteiger partial charge < -0.3 is 15.5 Å². The summed E-state index contributed by atoms with van der Waals surface area (Å²) in [6, 6.07) is 0.303. The fraction of sp³-hybridized carbons (Fsp3) is 0.846. The number of hydrogen-bond donors (Lipinski definition) is 2. The monoisotopic (exact) mass is 251 g/mol. The van der Waals surface area contributed by atoms with Crippen LogP contribution in [-0.4, -0.2) is 48.9 Å². The largest absolute Gasteiger partial charge is 0.353 e. The lowest BCUT2D eigenvalue weighted by Crippen LogP contribution is -2.55. The van der Waals surface area contributed by atoms with Crippen molar-refractivity contribution in [1.29, 1.82) is 0 Å². The van der Waals surface area contributed by atoms with Crippen LogP contribution in [0.3, 0.4) is 0 Å². The molecule has 5 heteroatoms. The topological polar surface area (TPSA) is 61.4 Å². The van der Waals surface area contributed by atoms with Crippen molar-refractivity contribution in [3.63, 3.8) is 0 Å². The summed E-state index contributed by atoms with van der Waals surface area (Å²) in [6.45, 7) is 3.43. The van der Waals surface area contributed by atoms with E-state index in [2.05, 4.69) is 10.6 Å². The maximum absolute atomic E-state index is 12.3. The summed E-state index contributed by atoms with van der Waals surface area (Å²) in [4.78, 5) is 25.7. The van der Waals surface area contributed by atoms with Crippen LogP contribution in [0.1, 0.15) is 25.7 Å². The van der Waals surface area contributed by atoms with E-state index in [1.165, 1.54) is 0 Å². The number of carbonyl (C=O) groups excluding carboxylic acids is 2. The fourth-order valence-corrected chi connectivity index (χ4v) is 3.43. The van der Waals surface area contributed by atoms with E-state index >= 15 is 0 Å². The van der Waals surface area contributed by atoms with Gasteiger partial charge in [-0.15, -0.1) is 0 Å². The van der Waals surface area contributed by atoms with E-state index < -0.39 is 0 Å². The predicted molar refractivity (Wildman–Crippen MR) is 66.8 cm³/mol. The number of fused-ring (bicyclic) bond motifs is 1. The van der Waals surface area contributed by atoms with Gasteiger partial charge in [0.2, 0.25) is 11.8 Å². The molecule has 0 radical (unpaired) electrons. The second kappa shape index (κ2) is 4.88. The van der Waals surface area contributed by atoms with Gasteiger partial charge in [-0.1, -0.05) is 0 Å². The highest BCUT2D eigenvalue weighted by atomic mass is 16.2. The van der Waals surface area contributed by atoms with Crippen molar-refractivity contribution in [2.24, 2.45) is 11.8 Å². The number of nitrogens with zero attached hydrogens (tertiary/aromatic N) is 1. The molecule has 3 rings (SSSR count). The van der Waals surface area contributed by atoms with E-state index in [1.54, 1.807) is 0 Å². The Morgan fingerprint density at radius 1 is 1.28 bits per heavy atom. The van der Waals surface area contributed by atoms with Crippen LogP contribution in [0.5, 0.6) is 0 Å². The maximum Gasteiger partial charge on any atom is 0.227 e. The first-order valence-corrected chi connectivity index (χ1v) is 7.03. The zero-order valence-electron chi connectivity index (χ0n) is 10.7. The summed E-state index contributed by atoms with van der Waals surface area (Å²) in [5, 5.41) is 6.31. The first-order valence-electron chi connectivity index (χ1n) is 7.03. The number of carbonyl (C=O) groups is 2. The molecule has 0 saturated carbocycles. The first-order chi connectivity index (χ1) is 8.74. The molecule has 0 aromatic carbocycles. The van der Waals surface area contributed by atoms with Crippen LogP contribution in [0.2, 0.25) is 0 Å². The number of nitrogens with one attached hydrogen (secondary N) is 2. The van der Waals surface area contributed by atoms with Crippen molar-refractivity contribution in [1.82, 2.24) is 15.5 Å². The summed E-state index contributed by atoms with van der Waals surface area (Å²) in [6.07, 6.45) is 3.44. The number of rotatable bonds is 1. The normalized spacial score (nSPS) is 36.1. The molecular weight excluding hydrogens is 230 g/mol. The molecule has 3 aliphatic rings. The Labute approximate surface area is 107 Å². The number of hydrogen-bond acceptors (Lipinski definition) is 3. The molecule has 3 saturated heterocycles. The van der Waals surface area contributed by atoms with Gasteiger partial charge in [0.05, 0.1) is 5.92 Å². The molecule has 0 spiro atoms. The van der Waals surface area contributed by atoms with E-state index in [0.717, 1.165) is 45.4 Å². The zero-order valence-corrected chi connectivity index (χ0v) is 10.7. The summed E-state index contributed by atoms with van der Waals surface area (Å²) < 4.78 is 0. The molecule has 0 bridgehead atoms. The van der Waals surface area contributed by atoms with E-state index in [-0.39, 0.29) is 11.8 Å². The first kappa shape index (κ1) is 12.0. The molecule has 18 heavy (non-hydrogen) atoms. The standard InChI is InChI=1S/C13H21N3O2/c17-12-2-1-10-8-16(6-4-11(10)15-12)13(18)9-3-5-14-7-9/h9-11,14H,1-8H2,(H,15,17). The van der Waals surface area contributed by atoms with Crippen molar-refractivity contribution in [3.05, 3.63) is 0 Å². The molecule has 3 fully saturated rings. The Kier molecular flexibility index (Phi) is 3.24. The third-order valence-electron chi connectivity index (χ3n) is 4.54. The molecule has 3 aliphatic heterocycles. The van der Waals surface area contributed by atoms with Crippen molar-refractivity contribution in [3.8, 4) is 0 Å². The van der Waals surface area contributed by atoms with Crippen molar-refractivity contribution < 1.29 is 9.59 Å². The van der Waals surface area contributed by atoms with Gasteiger partial charge in [0.1, 0.15) is 0 Å². The van der Waals surface area contributed by atoms with Gasteiger partial charge in [-0.3, -0.25) is 9.59 Å². The van der Waals surface area contributed by atoms with Gasteiger partial charge in [-0.05, 0) is 31.7 Å². The summed E-state index contributed by atoms with van der Waals surface area (Å²) in [7, 11) is 0. The third-order valence-corrected chi connectivity index (χ3v) is 4.54. The molecular formula is C13H21N3O2. The van der Waals surface area contributed by atoms with Gasteiger partial charge in [-0.25, -0.2) is 0 Å². The maximum atomic E-state index is 12.3. The highest BCUT2D eigenvalue weighted by Gasteiger charge is 2.37. The zero-order chi connectivity index (χ0) is 12.5. The average Bonchev–Trinajstić information content (AvgIpc) is 2.91. The summed E-state index contributed by atoms with van der Waals surface area (Å²) in [5.41, 5.74) is 0. The summed E-state index contributed by atoms with van der Waals surface area (Å²) in [5.74, 6) is 1.14. The van der Waals surface area contributed by atoms with Gasteiger partial charge in [-0.2, -0.15) is 0 Å². The Hall–Kier alpha value is -1.10. The number of amides is 2. The van der Waals surface area contributed by atoms with Crippen molar-refractivity contribution >= 4 is 11.8 Å². The van der Waals surface area contributed by atoms with E-state index in [1.807, 2.05) is 4.90 Å². The number of likely N-dealkylation sites (tertiary alicyclic amines) is 1. The van der Waals surface area contributed by atoms with Gasteiger partial charge in [0.25, 0.3) is 0 Å². The minimum atomic E-state index is 0.177. The van der Waals surface area contributed by atoms with Crippen molar-refractivity contribution in [2.75, 3.05) is 26.2 Å². The predicted octanol–water partition coefficient (Wildman–Crippen LogP) is -0.277. The minimum Gasteiger partial charge on any atom is -0.353 e.